The van der Waals surface area contributed by atoms with Gasteiger partial charge >= 0.3 is 12.1 Å². The predicted octanol–water partition coefficient (Wildman–Crippen LogP) is 6.14. The highest BCUT2D eigenvalue weighted by Crippen LogP contribution is 2.40. The van der Waals surface area contributed by atoms with E-state index in [0.29, 0.717) is 36.9 Å². The third kappa shape index (κ3) is 5.65. The smallest absolute Gasteiger partial charge is 0.417 e. The first-order chi connectivity index (χ1) is 15.9. The minimum Gasteiger partial charge on any atom is -0.490 e. The topological polar surface area (TPSA) is 62.7 Å². The van der Waals surface area contributed by atoms with Crippen molar-refractivity contribution < 1.29 is 27.8 Å². The summed E-state index contributed by atoms with van der Waals surface area (Å²) in [4.78, 5) is 17.5. The van der Waals surface area contributed by atoms with Gasteiger partial charge in [-0.2, -0.15) is 13.2 Å². The Balaban J connectivity index is 1.53. The molecule has 5 nitrogen and oxygen atoms in total. The van der Waals surface area contributed by atoms with Crippen LogP contribution >= 0.6 is 0 Å². The van der Waals surface area contributed by atoms with Gasteiger partial charge in [-0.3, -0.25) is 14.7 Å². The number of nitrogens with zero attached hydrogens (tertiary/aromatic N) is 2. The van der Waals surface area contributed by atoms with Crippen LogP contribution in [-0.4, -0.2) is 40.2 Å². The summed E-state index contributed by atoms with van der Waals surface area (Å²) in [6, 6.07) is 5.84. The van der Waals surface area contributed by atoms with Crippen molar-refractivity contribution >= 4 is 16.9 Å². The van der Waals surface area contributed by atoms with E-state index in [-0.39, 0.29) is 29.0 Å². The Morgan fingerprint density at radius 1 is 1.12 bits per heavy atom. The molecule has 1 N–H and O–H groups in total. The van der Waals surface area contributed by atoms with Gasteiger partial charge in [0.15, 0.2) is 0 Å². The monoisotopic (exact) mass is 478 g/mol. The van der Waals surface area contributed by atoms with Gasteiger partial charge in [0.2, 0.25) is 0 Å². The summed E-state index contributed by atoms with van der Waals surface area (Å²) in [5.41, 5.74) is 0.0775. The molecule has 2 heterocycles. The van der Waals surface area contributed by atoms with Crippen LogP contribution in [0.5, 0.6) is 5.75 Å². The van der Waals surface area contributed by atoms with Crippen LogP contribution in [0.3, 0.4) is 0 Å². The van der Waals surface area contributed by atoms with E-state index in [1.165, 1.54) is 6.07 Å². The van der Waals surface area contributed by atoms with Crippen molar-refractivity contribution in [3.63, 3.8) is 0 Å². The lowest BCUT2D eigenvalue weighted by Crippen LogP contribution is -2.30. The summed E-state index contributed by atoms with van der Waals surface area (Å²) in [5.74, 6) is -0.287. The van der Waals surface area contributed by atoms with Crippen molar-refractivity contribution in [2.24, 2.45) is 17.3 Å². The van der Waals surface area contributed by atoms with E-state index in [1.807, 2.05) is 4.90 Å². The third-order valence-electron chi connectivity index (χ3n) is 7.35. The van der Waals surface area contributed by atoms with E-state index in [1.54, 1.807) is 12.1 Å². The molecule has 1 saturated carbocycles. The average molecular weight is 479 g/mol. The number of likely N-dealkylation sites (tertiary alicyclic amines) is 1. The SMILES string of the molecule is CC(C)(C)[C@H]1CC[C@H](Oc2ccc3nc(CN4CCC(C(=O)O)C4)cc(C(F)(F)F)c3c2)CC1. The number of aromatic nitrogens is 1. The maximum Gasteiger partial charge on any atom is 0.417 e. The largest absolute Gasteiger partial charge is 0.490 e. The summed E-state index contributed by atoms with van der Waals surface area (Å²) in [5, 5.41) is 9.21. The Morgan fingerprint density at radius 2 is 1.82 bits per heavy atom. The minimum absolute atomic E-state index is 0.00923. The van der Waals surface area contributed by atoms with Crippen LogP contribution in [0.4, 0.5) is 13.2 Å². The number of carboxylic acids is 1. The summed E-state index contributed by atoms with van der Waals surface area (Å²) in [7, 11) is 0. The van der Waals surface area contributed by atoms with Crippen molar-refractivity contribution in [2.45, 2.75) is 71.7 Å². The quantitative estimate of drug-likeness (QED) is 0.559. The summed E-state index contributed by atoms with van der Waals surface area (Å²) < 4.78 is 48.0. The Hall–Kier alpha value is -2.35. The fourth-order valence-electron chi connectivity index (χ4n) is 5.29. The molecule has 0 radical (unpaired) electrons. The van der Waals surface area contributed by atoms with Gasteiger partial charge in [0.25, 0.3) is 0 Å². The molecular formula is C26H33F3N2O3. The zero-order valence-corrected chi connectivity index (χ0v) is 20.0. The minimum atomic E-state index is -4.53. The highest BCUT2D eigenvalue weighted by atomic mass is 19.4. The van der Waals surface area contributed by atoms with Gasteiger partial charge in [-0.15, -0.1) is 0 Å². The first-order valence-electron chi connectivity index (χ1n) is 12.0. The molecule has 0 bridgehead atoms. The molecule has 186 valence electrons. The van der Waals surface area contributed by atoms with E-state index >= 15 is 0 Å². The highest BCUT2D eigenvalue weighted by Gasteiger charge is 2.35. The van der Waals surface area contributed by atoms with Gasteiger partial charge in [0, 0.05) is 18.5 Å². The number of pyridine rings is 1. The average Bonchev–Trinajstić information content (AvgIpc) is 3.21. The van der Waals surface area contributed by atoms with Gasteiger partial charge in [-0.1, -0.05) is 20.8 Å². The van der Waals surface area contributed by atoms with E-state index in [0.717, 1.165) is 31.7 Å². The molecule has 1 aromatic heterocycles. The second kappa shape index (κ2) is 9.36. The van der Waals surface area contributed by atoms with Gasteiger partial charge in [0.1, 0.15) is 5.75 Å². The van der Waals surface area contributed by atoms with Crippen LogP contribution in [0.25, 0.3) is 10.9 Å². The number of ether oxygens (including phenoxy) is 1. The number of alkyl halides is 3. The van der Waals surface area contributed by atoms with Crippen LogP contribution in [0.2, 0.25) is 0 Å². The van der Waals surface area contributed by atoms with E-state index in [2.05, 4.69) is 25.8 Å². The number of fused-ring (bicyclic) bond motifs is 1. The number of benzene rings is 1. The third-order valence-corrected chi connectivity index (χ3v) is 7.35. The zero-order valence-electron chi connectivity index (χ0n) is 20.0. The summed E-state index contributed by atoms with van der Waals surface area (Å²) in [6.07, 6.45) is -0.122. The lowest BCUT2D eigenvalue weighted by atomic mass is 9.72. The van der Waals surface area contributed by atoms with Gasteiger partial charge < -0.3 is 9.84 Å². The molecule has 8 heteroatoms. The number of halogens is 3. The van der Waals surface area contributed by atoms with Crippen molar-refractivity contribution in [2.75, 3.05) is 13.1 Å². The molecule has 0 spiro atoms. The molecule has 2 aliphatic rings. The van der Waals surface area contributed by atoms with Crippen LogP contribution in [0.1, 0.15) is 64.1 Å². The number of hydrogen-bond acceptors (Lipinski definition) is 4. The molecule has 34 heavy (non-hydrogen) atoms. The van der Waals surface area contributed by atoms with Crippen molar-refractivity contribution in [3.8, 4) is 5.75 Å². The van der Waals surface area contributed by atoms with Gasteiger partial charge in [-0.25, -0.2) is 0 Å². The van der Waals surface area contributed by atoms with Gasteiger partial charge in [0.05, 0.1) is 28.8 Å². The lowest BCUT2D eigenvalue weighted by Gasteiger charge is -2.37. The number of carbonyl (C=O) groups is 1. The van der Waals surface area contributed by atoms with Crippen LogP contribution < -0.4 is 4.74 Å². The first-order valence-corrected chi connectivity index (χ1v) is 12.0. The predicted molar refractivity (Wildman–Crippen MR) is 124 cm³/mol. The van der Waals surface area contributed by atoms with Crippen LogP contribution in [0, 0.1) is 17.3 Å². The molecule has 1 unspecified atom stereocenters. The number of hydrogen-bond donors (Lipinski definition) is 1. The fraction of sp³-hybridized carbons (Fsp3) is 0.615. The molecule has 2 aromatic rings. The lowest BCUT2D eigenvalue weighted by molar-refractivity contribution is -0.141. The molecule has 1 atom stereocenters. The summed E-state index contributed by atoms with van der Waals surface area (Å²) in [6.45, 7) is 7.78. The Labute approximate surface area is 198 Å². The second-order valence-electron chi connectivity index (χ2n) is 10.9. The van der Waals surface area contributed by atoms with Crippen molar-refractivity contribution in [3.05, 3.63) is 35.5 Å². The molecule has 1 aromatic carbocycles. The molecule has 2 fully saturated rings. The fourth-order valence-corrected chi connectivity index (χ4v) is 5.29. The maximum atomic E-state index is 14.0. The first kappa shape index (κ1) is 24.8. The second-order valence-corrected chi connectivity index (χ2v) is 10.9. The standard InChI is InChI=1S/C26H33F3N2O3/c1-25(2,3)17-4-6-19(7-5-17)34-20-8-9-23-21(13-20)22(26(27,28)29)12-18(30-23)15-31-11-10-16(14-31)24(32)33/h8-9,12-13,16-17,19H,4-7,10-11,14-15H2,1-3H3,(H,32,33)/t16?,17-,19-. The summed E-state index contributed by atoms with van der Waals surface area (Å²) >= 11 is 0. The van der Waals surface area contributed by atoms with Crippen molar-refractivity contribution in [1.29, 1.82) is 0 Å². The van der Waals surface area contributed by atoms with Gasteiger partial charge in [-0.05, 0) is 74.2 Å². The molecular weight excluding hydrogens is 445 g/mol. The Morgan fingerprint density at radius 3 is 2.41 bits per heavy atom. The maximum absolute atomic E-state index is 14.0. The number of carboxylic acid groups (broad SMARTS) is 1. The van der Waals surface area contributed by atoms with E-state index < -0.39 is 23.6 Å². The molecule has 4 rings (SSSR count). The van der Waals surface area contributed by atoms with Crippen LogP contribution in [0.15, 0.2) is 24.3 Å². The normalized spacial score (nSPS) is 24.5. The Kier molecular flexibility index (Phi) is 6.82. The Bertz CT molecular complexity index is 1040. The highest BCUT2D eigenvalue weighted by molar-refractivity contribution is 5.84. The van der Waals surface area contributed by atoms with Crippen LogP contribution in [-0.2, 0) is 17.5 Å². The molecule has 1 aliphatic heterocycles. The number of aliphatic carboxylic acids is 1. The number of rotatable bonds is 5. The zero-order chi connectivity index (χ0) is 24.7. The van der Waals surface area contributed by atoms with E-state index in [4.69, 9.17) is 4.74 Å². The molecule has 0 amide bonds. The molecule has 1 saturated heterocycles. The van der Waals surface area contributed by atoms with Crippen molar-refractivity contribution in [1.82, 2.24) is 9.88 Å². The molecule has 1 aliphatic carbocycles. The van der Waals surface area contributed by atoms with E-state index in [9.17, 15) is 23.1 Å².